The third-order valence-electron chi connectivity index (χ3n) is 2.72. The van der Waals surface area contributed by atoms with Crippen molar-refractivity contribution in [2.75, 3.05) is 12.3 Å². The third kappa shape index (κ3) is 2.62. The Balaban J connectivity index is 2.04. The maximum absolute atomic E-state index is 11.9. The molecule has 0 spiro atoms. The van der Waals surface area contributed by atoms with E-state index in [0.29, 0.717) is 12.8 Å². The molecule has 9 heteroatoms. The summed E-state index contributed by atoms with van der Waals surface area (Å²) in [5.74, 6) is -0.0967. The Morgan fingerprint density at radius 3 is 2.89 bits per heavy atom. The number of aryl methyl sites for hydroxylation is 1. The van der Waals surface area contributed by atoms with E-state index >= 15 is 0 Å². The van der Waals surface area contributed by atoms with E-state index in [1.54, 1.807) is 7.05 Å². The number of nitrogens with two attached hydrogens (primary N) is 1. The van der Waals surface area contributed by atoms with Gasteiger partial charge in [0.1, 0.15) is 4.90 Å². The molecule has 4 N–H and O–H groups in total. The number of amides is 1. The first-order valence-electron chi connectivity index (χ1n) is 5.46. The Labute approximate surface area is 105 Å². The standard InChI is InChI=1S/C9H15N5O3S/c1-14-5-7(9(10)13-14)18(16,17)11-4-6-2-3-8(15)12-6/h5-6,11H,2-4H2,1H3,(H2,10,13)(H,12,15). The second-order valence-electron chi connectivity index (χ2n) is 4.21. The van der Waals surface area contributed by atoms with Gasteiger partial charge in [0.25, 0.3) is 0 Å². The van der Waals surface area contributed by atoms with Gasteiger partial charge in [-0.05, 0) is 6.42 Å². The van der Waals surface area contributed by atoms with E-state index in [9.17, 15) is 13.2 Å². The van der Waals surface area contributed by atoms with Crippen LogP contribution in [-0.2, 0) is 21.9 Å². The van der Waals surface area contributed by atoms with Gasteiger partial charge in [0.2, 0.25) is 15.9 Å². The van der Waals surface area contributed by atoms with E-state index in [1.807, 2.05) is 0 Å². The number of aromatic nitrogens is 2. The monoisotopic (exact) mass is 273 g/mol. The molecule has 1 unspecified atom stereocenters. The molecular weight excluding hydrogens is 258 g/mol. The van der Waals surface area contributed by atoms with Crippen LogP contribution in [-0.4, -0.2) is 36.7 Å². The Morgan fingerprint density at radius 1 is 1.67 bits per heavy atom. The number of hydrogen-bond donors (Lipinski definition) is 3. The zero-order chi connectivity index (χ0) is 13.3. The minimum Gasteiger partial charge on any atom is -0.381 e. The lowest BCUT2D eigenvalue weighted by Crippen LogP contribution is -2.38. The quantitative estimate of drug-likeness (QED) is 0.620. The molecule has 2 rings (SSSR count). The minimum absolute atomic E-state index is 0.0412. The minimum atomic E-state index is -3.68. The number of carbonyl (C=O) groups excluding carboxylic acids is 1. The summed E-state index contributed by atoms with van der Waals surface area (Å²) in [6.45, 7) is 0.155. The first-order chi connectivity index (χ1) is 8.38. The molecule has 1 fully saturated rings. The SMILES string of the molecule is Cn1cc(S(=O)(=O)NCC2CCC(=O)N2)c(N)n1. The van der Waals surface area contributed by atoms with Crippen LogP contribution in [0.5, 0.6) is 0 Å². The lowest BCUT2D eigenvalue weighted by molar-refractivity contribution is -0.119. The number of nitrogens with zero attached hydrogens (tertiary/aromatic N) is 2. The Hall–Kier alpha value is -1.61. The van der Waals surface area contributed by atoms with Crippen LogP contribution in [0, 0.1) is 0 Å². The van der Waals surface area contributed by atoms with E-state index in [2.05, 4.69) is 15.1 Å². The zero-order valence-corrected chi connectivity index (χ0v) is 10.7. The highest BCUT2D eigenvalue weighted by atomic mass is 32.2. The molecule has 0 aromatic carbocycles. The largest absolute Gasteiger partial charge is 0.381 e. The number of nitrogen functional groups attached to an aromatic ring is 1. The number of carbonyl (C=O) groups is 1. The molecule has 0 aliphatic carbocycles. The van der Waals surface area contributed by atoms with Gasteiger partial charge >= 0.3 is 0 Å². The molecule has 1 atom stereocenters. The van der Waals surface area contributed by atoms with Crippen molar-refractivity contribution in [1.82, 2.24) is 19.8 Å². The molecule has 1 aliphatic heterocycles. The van der Waals surface area contributed by atoms with Crippen molar-refractivity contribution in [3.63, 3.8) is 0 Å². The molecule has 1 aromatic rings. The van der Waals surface area contributed by atoms with Crippen molar-refractivity contribution >= 4 is 21.7 Å². The van der Waals surface area contributed by atoms with E-state index in [1.165, 1.54) is 10.9 Å². The van der Waals surface area contributed by atoms with Crippen molar-refractivity contribution in [2.24, 2.45) is 7.05 Å². The molecule has 100 valence electrons. The van der Waals surface area contributed by atoms with Crippen molar-refractivity contribution in [2.45, 2.75) is 23.8 Å². The second-order valence-corrected chi connectivity index (χ2v) is 5.94. The fraction of sp³-hybridized carbons (Fsp3) is 0.556. The van der Waals surface area contributed by atoms with Gasteiger partial charge in [-0.2, -0.15) is 5.10 Å². The topological polar surface area (TPSA) is 119 Å². The highest BCUT2D eigenvalue weighted by Gasteiger charge is 2.25. The number of anilines is 1. The summed E-state index contributed by atoms with van der Waals surface area (Å²) >= 11 is 0. The number of rotatable bonds is 4. The molecule has 1 amide bonds. The first kappa shape index (κ1) is 12.8. The summed E-state index contributed by atoms with van der Waals surface area (Å²) in [5.41, 5.74) is 5.51. The van der Waals surface area contributed by atoms with Crippen molar-refractivity contribution in [1.29, 1.82) is 0 Å². The van der Waals surface area contributed by atoms with Crippen LogP contribution >= 0.6 is 0 Å². The highest BCUT2D eigenvalue weighted by molar-refractivity contribution is 7.89. The zero-order valence-electron chi connectivity index (χ0n) is 9.88. The maximum Gasteiger partial charge on any atom is 0.245 e. The molecular formula is C9H15N5O3S. The fourth-order valence-corrected chi connectivity index (χ4v) is 2.99. The maximum atomic E-state index is 11.9. The summed E-state index contributed by atoms with van der Waals surface area (Å²) in [4.78, 5) is 10.9. The summed E-state index contributed by atoms with van der Waals surface area (Å²) in [5, 5.41) is 6.45. The van der Waals surface area contributed by atoms with Gasteiger partial charge in [-0.3, -0.25) is 9.48 Å². The third-order valence-corrected chi connectivity index (χ3v) is 4.16. The molecule has 0 radical (unpaired) electrons. The Bertz CT molecular complexity index is 565. The number of nitrogens with one attached hydrogen (secondary N) is 2. The smallest absolute Gasteiger partial charge is 0.245 e. The molecule has 1 saturated heterocycles. The predicted octanol–water partition coefficient (Wildman–Crippen LogP) is -1.44. The molecule has 18 heavy (non-hydrogen) atoms. The van der Waals surface area contributed by atoms with Crippen LogP contribution in [0.1, 0.15) is 12.8 Å². The molecule has 1 aliphatic rings. The van der Waals surface area contributed by atoms with E-state index in [4.69, 9.17) is 5.73 Å². The first-order valence-corrected chi connectivity index (χ1v) is 6.95. The van der Waals surface area contributed by atoms with E-state index in [0.717, 1.165) is 0 Å². The number of hydrogen-bond acceptors (Lipinski definition) is 5. The fourth-order valence-electron chi connectivity index (χ4n) is 1.81. The second kappa shape index (κ2) is 4.58. The van der Waals surface area contributed by atoms with E-state index < -0.39 is 10.0 Å². The average Bonchev–Trinajstić information content (AvgIpc) is 2.82. The molecule has 0 saturated carbocycles. The van der Waals surface area contributed by atoms with Gasteiger partial charge in [-0.1, -0.05) is 0 Å². The average molecular weight is 273 g/mol. The summed E-state index contributed by atoms with van der Waals surface area (Å²) in [6.07, 6.45) is 2.40. The number of sulfonamides is 1. The van der Waals surface area contributed by atoms with Crippen LogP contribution in [0.4, 0.5) is 5.82 Å². The van der Waals surface area contributed by atoms with Crippen LogP contribution in [0.3, 0.4) is 0 Å². The van der Waals surface area contributed by atoms with Crippen molar-refractivity contribution in [3.05, 3.63) is 6.20 Å². The van der Waals surface area contributed by atoms with Crippen LogP contribution in [0.25, 0.3) is 0 Å². The molecule has 2 heterocycles. The van der Waals surface area contributed by atoms with Crippen LogP contribution in [0.15, 0.2) is 11.1 Å². The molecule has 0 bridgehead atoms. The summed E-state index contributed by atoms with van der Waals surface area (Å²) < 4.78 is 27.6. The predicted molar refractivity (Wildman–Crippen MR) is 64.0 cm³/mol. The van der Waals surface area contributed by atoms with Gasteiger partial charge < -0.3 is 11.1 Å². The summed E-state index contributed by atoms with van der Waals surface area (Å²) in [7, 11) is -2.09. The lowest BCUT2D eigenvalue weighted by atomic mass is 10.2. The normalized spacial score (nSPS) is 20.1. The highest BCUT2D eigenvalue weighted by Crippen LogP contribution is 2.15. The van der Waals surface area contributed by atoms with Crippen LogP contribution < -0.4 is 15.8 Å². The summed E-state index contributed by atoms with van der Waals surface area (Å²) in [6, 6.07) is -0.162. The van der Waals surface area contributed by atoms with Crippen LogP contribution in [0.2, 0.25) is 0 Å². The van der Waals surface area contributed by atoms with Gasteiger partial charge in [0.05, 0.1) is 0 Å². The molecule has 1 aromatic heterocycles. The van der Waals surface area contributed by atoms with Gasteiger partial charge in [0, 0.05) is 32.3 Å². The van der Waals surface area contributed by atoms with Crippen molar-refractivity contribution < 1.29 is 13.2 Å². The van der Waals surface area contributed by atoms with Gasteiger partial charge in [-0.15, -0.1) is 0 Å². The van der Waals surface area contributed by atoms with Gasteiger partial charge in [-0.25, -0.2) is 13.1 Å². The Kier molecular flexibility index (Phi) is 3.26. The van der Waals surface area contributed by atoms with Gasteiger partial charge in [0.15, 0.2) is 5.82 Å². The Morgan fingerprint density at radius 2 is 2.39 bits per heavy atom. The lowest BCUT2D eigenvalue weighted by Gasteiger charge is -2.11. The van der Waals surface area contributed by atoms with Crippen molar-refractivity contribution in [3.8, 4) is 0 Å². The molecule has 8 nitrogen and oxygen atoms in total. The van der Waals surface area contributed by atoms with E-state index in [-0.39, 0.29) is 29.2 Å².